The van der Waals surface area contributed by atoms with Crippen molar-refractivity contribution < 1.29 is 18.3 Å². The molecule has 0 bridgehead atoms. The standard InChI is InChI=1S/C17H23F2N3O2.2ClH/c18-17(19)24-15-7-2-1-6-14(15)22-10-8-12(11-22)21-16(23)13-5-3-4-9-20-13;;/h1-2,6-7,12-13,17,20H,3-5,8-11H2,(H,21,23);2*1H/t12?,13-;;/m1../s1. The molecule has 1 amide bonds. The minimum absolute atomic E-state index is 0. The van der Waals surface area contributed by atoms with E-state index in [0.29, 0.717) is 18.8 Å². The summed E-state index contributed by atoms with van der Waals surface area (Å²) in [6, 6.07) is 6.70. The number of nitrogens with zero attached hydrogens (tertiary/aromatic N) is 1. The van der Waals surface area contributed by atoms with Gasteiger partial charge in [-0.05, 0) is 37.9 Å². The van der Waals surface area contributed by atoms with Crippen LogP contribution in [-0.4, -0.2) is 44.2 Å². The van der Waals surface area contributed by atoms with Crippen LogP contribution in [0, 0.1) is 0 Å². The second kappa shape index (κ2) is 10.7. The van der Waals surface area contributed by atoms with Crippen LogP contribution in [0.1, 0.15) is 25.7 Å². The van der Waals surface area contributed by atoms with Gasteiger partial charge in [-0.15, -0.1) is 24.8 Å². The van der Waals surface area contributed by atoms with Gasteiger partial charge in [0, 0.05) is 19.1 Å². The van der Waals surface area contributed by atoms with E-state index in [1.807, 2.05) is 4.90 Å². The minimum Gasteiger partial charge on any atom is -0.433 e. The van der Waals surface area contributed by atoms with Gasteiger partial charge in [-0.25, -0.2) is 0 Å². The van der Waals surface area contributed by atoms with E-state index in [1.165, 1.54) is 0 Å². The van der Waals surface area contributed by atoms with Crippen molar-refractivity contribution in [2.24, 2.45) is 0 Å². The topological polar surface area (TPSA) is 53.6 Å². The zero-order valence-corrected chi connectivity index (χ0v) is 16.0. The number of rotatable bonds is 5. The second-order valence-corrected chi connectivity index (χ2v) is 6.29. The smallest absolute Gasteiger partial charge is 0.387 e. The fourth-order valence-corrected chi connectivity index (χ4v) is 3.39. The van der Waals surface area contributed by atoms with E-state index in [2.05, 4.69) is 15.4 Å². The normalized spacial score (nSPS) is 22.3. The van der Waals surface area contributed by atoms with Gasteiger partial charge in [-0.1, -0.05) is 18.6 Å². The molecular formula is C17H25Cl2F2N3O2. The number of nitrogens with one attached hydrogen (secondary N) is 2. The van der Waals surface area contributed by atoms with Crippen LogP contribution >= 0.6 is 24.8 Å². The summed E-state index contributed by atoms with van der Waals surface area (Å²) in [6.45, 7) is -0.663. The first-order chi connectivity index (χ1) is 11.6. The van der Waals surface area contributed by atoms with E-state index >= 15 is 0 Å². The van der Waals surface area contributed by atoms with Gasteiger partial charge in [0.25, 0.3) is 0 Å². The third-order valence-electron chi connectivity index (χ3n) is 4.58. The van der Waals surface area contributed by atoms with Crippen LogP contribution in [0.15, 0.2) is 24.3 Å². The number of benzene rings is 1. The molecule has 2 atom stereocenters. The molecule has 2 heterocycles. The Morgan fingerprint density at radius 2 is 2.00 bits per heavy atom. The summed E-state index contributed by atoms with van der Waals surface area (Å²) in [4.78, 5) is 14.3. The average Bonchev–Trinajstić information content (AvgIpc) is 3.04. The molecular weight excluding hydrogens is 387 g/mol. The molecule has 3 rings (SSSR count). The molecule has 2 aliphatic rings. The van der Waals surface area contributed by atoms with Crippen LogP contribution in [-0.2, 0) is 4.79 Å². The SMILES string of the molecule is Cl.Cl.O=C(NC1CCN(c2ccccc2OC(F)F)C1)[C@H]1CCCCN1. The number of carbonyl (C=O) groups excluding carboxylic acids is 1. The molecule has 1 aromatic carbocycles. The Hall–Kier alpha value is -1.31. The van der Waals surface area contributed by atoms with Gasteiger partial charge in [0.1, 0.15) is 5.75 Å². The Morgan fingerprint density at radius 3 is 2.69 bits per heavy atom. The number of amides is 1. The highest BCUT2D eigenvalue weighted by atomic mass is 35.5. The molecule has 1 aromatic rings. The number of halogens is 4. The Morgan fingerprint density at radius 1 is 1.23 bits per heavy atom. The lowest BCUT2D eigenvalue weighted by molar-refractivity contribution is -0.124. The second-order valence-electron chi connectivity index (χ2n) is 6.29. The zero-order valence-electron chi connectivity index (χ0n) is 14.3. The molecule has 2 aliphatic heterocycles. The van der Waals surface area contributed by atoms with E-state index in [0.717, 1.165) is 32.2 Å². The van der Waals surface area contributed by atoms with Gasteiger partial charge in [0.05, 0.1) is 11.7 Å². The molecule has 0 saturated carbocycles. The van der Waals surface area contributed by atoms with Gasteiger partial charge >= 0.3 is 6.61 Å². The van der Waals surface area contributed by atoms with Crippen LogP contribution in [0.2, 0.25) is 0 Å². The highest BCUT2D eigenvalue weighted by Gasteiger charge is 2.29. The van der Waals surface area contributed by atoms with E-state index in [-0.39, 0.29) is 48.6 Å². The molecule has 148 valence electrons. The van der Waals surface area contributed by atoms with Gasteiger partial charge in [-0.2, -0.15) is 8.78 Å². The number of anilines is 1. The quantitative estimate of drug-likeness (QED) is 0.781. The summed E-state index contributed by atoms with van der Waals surface area (Å²) < 4.78 is 29.7. The average molecular weight is 412 g/mol. The van der Waals surface area contributed by atoms with Crippen molar-refractivity contribution in [1.82, 2.24) is 10.6 Å². The van der Waals surface area contributed by atoms with Gasteiger partial charge in [-0.3, -0.25) is 4.79 Å². The molecule has 9 heteroatoms. The number of alkyl halides is 2. The number of carbonyl (C=O) groups is 1. The molecule has 26 heavy (non-hydrogen) atoms. The van der Waals surface area contributed by atoms with Gasteiger partial charge < -0.3 is 20.3 Å². The molecule has 0 radical (unpaired) electrons. The van der Waals surface area contributed by atoms with Crippen molar-refractivity contribution in [3.8, 4) is 5.75 Å². The first-order valence-corrected chi connectivity index (χ1v) is 8.46. The van der Waals surface area contributed by atoms with E-state index in [4.69, 9.17) is 0 Å². The monoisotopic (exact) mass is 411 g/mol. The lowest BCUT2D eigenvalue weighted by Gasteiger charge is -2.25. The number of ether oxygens (including phenoxy) is 1. The number of hydrogen-bond acceptors (Lipinski definition) is 4. The van der Waals surface area contributed by atoms with Crippen LogP contribution in [0.4, 0.5) is 14.5 Å². The summed E-state index contributed by atoms with van der Waals surface area (Å²) in [6.07, 6.45) is 3.84. The molecule has 5 nitrogen and oxygen atoms in total. The van der Waals surface area contributed by atoms with Crippen LogP contribution in [0.25, 0.3) is 0 Å². The van der Waals surface area contributed by atoms with E-state index in [9.17, 15) is 13.6 Å². The maximum Gasteiger partial charge on any atom is 0.387 e. The third-order valence-corrected chi connectivity index (χ3v) is 4.58. The van der Waals surface area contributed by atoms with Gasteiger partial charge in [0.2, 0.25) is 5.91 Å². The Kier molecular flexibility index (Phi) is 9.39. The molecule has 0 aliphatic carbocycles. The van der Waals surface area contributed by atoms with Crippen LogP contribution in [0.5, 0.6) is 5.75 Å². The summed E-state index contributed by atoms with van der Waals surface area (Å²) >= 11 is 0. The fourth-order valence-electron chi connectivity index (χ4n) is 3.39. The Balaban J connectivity index is 0.00000169. The third kappa shape index (κ3) is 5.86. The highest BCUT2D eigenvalue weighted by Crippen LogP contribution is 2.31. The van der Waals surface area contributed by atoms with Crippen molar-refractivity contribution in [1.29, 1.82) is 0 Å². The van der Waals surface area contributed by atoms with Crippen LogP contribution in [0.3, 0.4) is 0 Å². The Labute approximate surface area is 164 Å². The van der Waals surface area contributed by atoms with E-state index in [1.54, 1.807) is 24.3 Å². The first kappa shape index (κ1) is 22.7. The summed E-state index contributed by atoms with van der Waals surface area (Å²) in [5.41, 5.74) is 0.644. The predicted molar refractivity (Wildman–Crippen MR) is 102 cm³/mol. The highest BCUT2D eigenvalue weighted by molar-refractivity contribution is 5.85. The molecule has 2 N–H and O–H groups in total. The zero-order chi connectivity index (χ0) is 16.9. The molecule has 2 fully saturated rings. The summed E-state index contributed by atoms with van der Waals surface area (Å²) in [5, 5.41) is 6.31. The lowest BCUT2D eigenvalue weighted by atomic mass is 10.0. The molecule has 0 spiro atoms. The fraction of sp³-hybridized carbons (Fsp3) is 0.588. The number of hydrogen-bond donors (Lipinski definition) is 2. The molecule has 1 unspecified atom stereocenters. The largest absolute Gasteiger partial charge is 0.433 e. The summed E-state index contributed by atoms with van der Waals surface area (Å²) in [5.74, 6) is 0.215. The maximum absolute atomic E-state index is 12.5. The van der Waals surface area contributed by atoms with E-state index < -0.39 is 6.61 Å². The summed E-state index contributed by atoms with van der Waals surface area (Å²) in [7, 11) is 0. The van der Waals surface area contributed by atoms with Crippen molar-refractivity contribution >= 4 is 36.4 Å². The molecule has 0 aromatic heterocycles. The minimum atomic E-state index is -2.85. The number of piperidine rings is 1. The predicted octanol–water partition coefficient (Wildman–Crippen LogP) is 2.97. The van der Waals surface area contributed by atoms with Crippen molar-refractivity contribution in [3.63, 3.8) is 0 Å². The van der Waals surface area contributed by atoms with Crippen molar-refractivity contribution in [2.75, 3.05) is 24.5 Å². The van der Waals surface area contributed by atoms with Crippen LogP contribution < -0.4 is 20.3 Å². The lowest BCUT2D eigenvalue weighted by Crippen LogP contribution is -2.50. The number of para-hydroxylation sites is 2. The first-order valence-electron chi connectivity index (χ1n) is 8.46. The van der Waals surface area contributed by atoms with Crippen molar-refractivity contribution in [2.45, 2.75) is 44.4 Å². The molecule has 2 saturated heterocycles. The van der Waals surface area contributed by atoms with Crippen molar-refractivity contribution in [3.05, 3.63) is 24.3 Å². The maximum atomic E-state index is 12.5. The van der Waals surface area contributed by atoms with Gasteiger partial charge in [0.15, 0.2) is 0 Å². The Bertz CT molecular complexity index is 575.